The topological polar surface area (TPSA) is 20.2 Å². The van der Waals surface area contributed by atoms with Crippen LogP contribution in [0, 0.1) is 0 Å². The maximum Gasteiger partial charge on any atom is 0.0535 e. The molecule has 1 aliphatic rings. The molecule has 1 fully saturated rings. The second-order valence-electron chi connectivity index (χ2n) is 3.27. The highest BCUT2D eigenvalue weighted by molar-refractivity contribution is 7.10. The first kappa shape index (κ1) is 7.32. The highest BCUT2D eigenvalue weighted by Crippen LogP contribution is 2.44. The van der Waals surface area contributed by atoms with Crippen LogP contribution in [-0.2, 0) is 5.41 Å². The third-order valence-electron chi connectivity index (χ3n) is 2.66. The number of hydrogen-bond acceptors (Lipinski definition) is 2. The van der Waals surface area contributed by atoms with Crippen LogP contribution in [0.1, 0.15) is 24.1 Å². The lowest BCUT2D eigenvalue weighted by Gasteiger charge is -2.39. The van der Waals surface area contributed by atoms with E-state index in [9.17, 15) is 5.11 Å². The maximum atomic E-state index is 9.22. The first-order valence-electron chi connectivity index (χ1n) is 4.02. The van der Waals surface area contributed by atoms with Crippen molar-refractivity contribution in [3.05, 3.63) is 22.4 Å². The molecule has 0 bridgehead atoms. The predicted octanol–water partition coefficient (Wildman–Crippen LogP) is 2.16. The van der Waals surface area contributed by atoms with Gasteiger partial charge in [0.1, 0.15) is 0 Å². The van der Waals surface area contributed by atoms with E-state index in [4.69, 9.17) is 0 Å². The van der Waals surface area contributed by atoms with Crippen LogP contribution in [0.4, 0.5) is 0 Å². The van der Waals surface area contributed by atoms with Crippen molar-refractivity contribution in [3.63, 3.8) is 0 Å². The van der Waals surface area contributed by atoms with Gasteiger partial charge in [-0.05, 0) is 24.3 Å². The lowest BCUT2D eigenvalue weighted by Crippen LogP contribution is -2.36. The fraction of sp³-hybridized carbons (Fsp3) is 0.556. The molecule has 0 aromatic carbocycles. The minimum atomic E-state index is 0.161. The van der Waals surface area contributed by atoms with Crippen molar-refractivity contribution >= 4 is 11.3 Å². The average Bonchev–Trinajstić information content (AvgIpc) is 2.39. The van der Waals surface area contributed by atoms with Crippen LogP contribution in [0.2, 0.25) is 0 Å². The Morgan fingerprint density at radius 2 is 2.36 bits per heavy atom. The van der Waals surface area contributed by atoms with Crippen LogP contribution in [0.25, 0.3) is 0 Å². The van der Waals surface area contributed by atoms with E-state index in [-0.39, 0.29) is 5.41 Å². The molecule has 2 heteroatoms. The molecule has 1 saturated carbocycles. The molecule has 1 heterocycles. The van der Waals surface area contributed by atoms with Crippen LogP contribution in [0.5, 0.6) is 0 Å². The van der Waals surface area contributed by atoms with Gasteiger partial charge in [0.05, 0.1) is 6.61 Å². The molecule has 1 nitrogen and oxygen atoms in total. The Morgan fingerprint density at radius 1 is 1.55 bits per heavy atom. The predicted molar refractivity (Wildman–Crippen MR) is 46.9 cm³/mol. The molecule has 1 N–H and O–H groups in total. The van der Waals surface area contributed by atoms with E-state index in [1.165, 1.54) is 24.1 Å². The van der Waals surface area contributed by atoms with Gasteiger partial charge in [-0.1, -0.05) is 12.5 Å². The number of rotatable bonds is 2. The molecule has 0 radical (unpaired) electrons. The number of aliphatic hydroxyl groups excluding tert-OH is 1. The SMILES string of the molecule is OCC1(c2cccs2)CCC1. The molecular weight excluding hydrogens is 156 g/mol. The van der Waals surface area contributed by atoms with E-state index < -0.39 is 0 Å². The molecule has 11 heavy (non-hydrogen) atoms. The number of aliphatic hydroxyl groups is 1. The largest absolute Gasteiger partial charge is 0.395 e. The van der Waals surface area contributed by atoms with Gasteiger partial charge in [0.2, 0.25) is 0 Å². The molecule has 0 aliphatic heterocycles. The molecule has 0 unspecified atom stereocenters. The Bertz CT molecular complexity index is 218. The van der Waals surface area contributed by atoms with Gasteiger partial charge in [-0.2, -0.15) is 0 Å². The summed E-state index contributed by atoms with van der Waals surface area (Å²) >= 11 is 1.77. The number of thiophene rings is 1. The van der Waals surface area contributed by atoms with Crippen molar-refractivity contribution in [3.8, 4) is 0 Å². The van der Waals surface area contributed by atoms with Crippen molar-refractivity contribution in [1.29, 1.82) is 0 Å². The minimum absolute atomic E-state index is 0.161. The normalized spacial score (nSPS) is 21.2. The quantitative estimate of drug-likeness (QED) is 0.717. The summed E-state index contributed by atoms with van der Waals surface area (Å²) in [6.45, 7) is 0.327. The van der Waals surface area contributed by atoms with E-state index in [1.54, 1.807) is 11.3 Å². The van der Waals surface area contributed by atoms with Gasteiger partial charge < -0.3 is 5.11 Å². The van der Waals surface area contributed by atoms with Gasteiger partial charge in [0, 0.05) is 10.3 Å². The molecule has 0 atom stereocenters. The van der Waals surface area contributed by atoms with Crippen molar-refractivity contribution in [2.75, 3.05) is 6.61 Å². The summed E-state index contributed by atoms with van der Waals surface area (Å²) < 4.78 is 0. The summed E-state index contributed by atoms with van der Waals surface area (Å²) in [4.78, 5) is 1.37. The molecule has 2 rings (SSSR count). The summed E-state index contributed by atoms with van der Waals surface area (Å²) in [5.74, 6) is 0. The fourth-order valence-corrected chi connectivity index (χ4v) is 2.65. The molecule has 0 amide bonds. The Kier molecular flexibility index (Phi) is 1.74. The molecular formula is C9H12OS. The Hall–Kier alpha value is -0.340. The first-order valence-corrected chi connectivity index (χ1v) is 4.90. The summed E-state index contributed by atoms with van der Waals surface area (Å²) in [5.41, 5.74) is 0.161. The average molecular weight is 168 g/mol. The summed E-state index contributed by atoms with van der Waals surface area (Å²) in [7, 11) is 0. The van der Waals surface area contributed by atoms with Gasteiger partial charge in [-0.15, -0.1) is 11.3 Å². The van der Waals surface area contributed by atoms with E-state index in [1.807, 2.05) is 0 Å². The summed E-state index contributed by atoms with van der Waals surface area (Å²) in [6.07, 6.45) is 3.62. The standard InChI is InChI=1S/C9H12OS/c10-7-9(4-2-5-9)8-3-1-6-11-8/h1,3,6,10H,2,4-5,7H2. The molecule has 1 aromatic heterocycles. The molecule has 0 spiro atoms. The zero-order valence-electron chi connectivity index (χ0n) is 6.42. The van der Waals surface area contributed by atoms with E-state index in [2.05, 4.69) is 17.5 Å². The van der Waals surface area contributed by atoms with Crippen molar-refractivity contribution < 1.29 is 5.11 Å². The Morgan fingerprint density at radius 3 is 2.73 bits per heavy atom. The smallest absolute Gasteiger partial charge is 0.0535 e. The van der Waals surface area contributed by atoms with E-state index in [0.29, 0.717) is 6.61 Å². The molecule has 1 aromatic rings. The van der Waals surface area contributed by atoms with Gasteiger partial charge >= 0.3 is 0 Å². The van der Waals surface area contributed by atoms with Gasteiger partial charge in [0.25, 0.3) is 0 Å². The van der Waals surface area contributed by atoms with E-state index >= 15 is 0 Å². The summed E-state index contributed by atoms with van der Waals surface area (Å²) in [6, 6.07) is 4.20. The van der Waals surface area contributed by atoms with Gasteiger partial charge in [-0.3, -0.25) is 0 Å². The van der Waals surface area contributed by atoms with Crippen molar-refractivity contribution in [2.24, 2.45) is 0 Å². The zero-order valence-corrected chi connectivity index (χ0v) is 7.23. The Balaban J connectivity index is 2.25. The lowest BCUT2D eigenvalue weighted by atomic mass is 9.68. The van der Waals surface area contributed by atoms with Crippen LogP contribution in [-0.4, -0.2) is 11.7 Å². The maximum absolute atomic E-state index is 9.22. The minimum Gasteiger partial charge on any atom is -0.395 e. The third-order valence-corrected chi connectivity index (χ3v) is 3.77. The second kappa shape index (κ2) is 2.61. The van der Waals surface area contributed by atoms with Crippen molar-refractivity contribution in [1.82, 2.24) is 0 Å². The molecule has 60 valence electrons. The van der Waals surface area contributed by atoms with Crippen LogP contribution in [0.15, 0.2) is 17.5 Å². The highest BCUT2D eigenvalue weighted by atomic mass is 32.1. The Labute approximate surface area is 70.7 Å². The first-order chi connectivity index (χ1) is 5.37. The molecule has 1 aliphatic carbocycles. The zero-order chi connectivity index (χ0) is 7.73. The van der Waals surface area contributed by atoms with Crippen LogP contribution < -0.4 is 0 Å². The highest BCUT2D eigenvalue weighted by Gasteiger charge is 2.38. The van der Waals surface area contributed by atoms with Crippen molar-refractivity contribution in [2.45, 2.75) is 24.7 Å². The summed E-state index contributed by atoms with van der Waals surface area (Å²) in [5, 5.41) is 11.3. The number of hydrogen-bond donors (Lipinski definition) is 1. The third kappa shape index (κ3) is 1.01. The molecule has 0 saturated heterocycles. The monoisotopic (exact) mass is 168 g/mol. The van der Waals surface area contributed by atoms with Gasteiger partial charge in [-0.25, -0.2) is 0 Å². The fourth-order valence-electron chi connectivity index (χ4n) is 1.67. The van der Waals surface area contributed by atoms with E-state index in [0.717, 1.165) is 0 Å². The van der Waals surface area contributed by atoms with Crippen LogP contribution in [0.3, 0.4) is 0 Å². The second-order valence-corrected chi connectivity index (χ2v) is 4.22. The van der Waals surface area contributed by atoms with Crippen LogP contribution >= 0.6 is 11.3 Å². The lowest BCUT2D eigenvalue weighted by molar-refractivity contribution is 0.123. The van der Waals surface area contributed by atoms with Gasteiger partial charge in [0.15, 0.2) is 0 Å².